The van der Waals surface area contributed by atoms with Gasteiger partial charge in [0.2, 0.25) is 0 Å². The van der Waals surface area contributed by atoms with Crippen LogP contribution in [0.4, 0.5) is 0 Å². The third kappa shape index (κ3) is 2.80. The molecule has 0 aromatic heterocycles. The van der Waals surface area contributed by atoms with E-state index in [1.54, 1.807) is 0 Å². The molecule has 1 N–H and O–H groups in total. The molecule has 2 aromatic rings. The lowest BCUT2D eigenvalue weighted by molar-refractivity contribution is 0.572. The maximum absolute atomic E-state index is 11.9. The van der Waals surface area contributed by atoms with Crippen molar-refractivity contribution in [3.63, 3.8) is 0 Å². The Hall–Kier alpha value is -1.39. The number of nitrogens with one attached hydrogen (secondary N) is 1. The van der Waals surface area contributed by atoms with Gasteiger partial charge in [0.25, 0.3) is 0 Å². The van der Waals surface area contributed by atoms with Crippen LogP contribution in [-0.4, -0.2) is 26.5 Å². The minimum absolute atomic E-state index is 0.0860. The fourth-order valence-electron chi connectivity index (χ4n) is 2.60. The van der Waals surface area contributed by atoms with Crippen LogP contribution in [0, 0.1) is 0 Å². The molecule has 0 spiro atoms. The smallest absolute Gasteiger partial charge is 0.152 e. The molecule has 0 radical (unpaired) electrons. The van der Waals surface area contributed by atoms with Crippen molar-refractivity contribution in [2.75, 3.05) is 18.1 Å². The predicted octanol–water partition coefficient (Wildman–Crippen LogP) is 2.29. The minimum atomic E-state index is -2.93. The summed E-state index contributed by atoms with van der Waals surface area (Å²) in [5.74, 6) is 0.495. The van der Waals surface area contributed by atoms with Crippen molar-refractivity contribution in [1.82, 2.24) is 5.32 Å². The lowest BCUT2D eigenvalue weighted by Crippen LogP contribution is -2.25. The second-order valence-electron chi connectivity index (χ2n) is 5.08. The molecule has 19 heavy (non-hydrogen) atoms. The van der Waals surface area contributed by atoms with Gasteiger partial charge in [-0.1, -0.05) is 36.4 Å². The van der Waals surface area contributed by atoms with Crippen LogP contribution in [0.5, 0.6) is 0 Å². The maximum atomic E-state index is 11.9. The van der Waals surface area contributed by atoms with E-state index in [0.717, 1.165) is 17.5 Å². The Labute approximate surface area is 113 Å². The Morgan fingerprint density at radius 1 is 1.05 bits per heavy atom. The maximum Gasteiger partial charge on any atom is 0.152 e. The largest absolute Gasteiger partial charge is 0.309 e. The quantitative estimate of drug-likeness (QED) is 0.868. The lowest BCUT2D eigenvalue weighted by atomic mass is 10.0. The Morgan fingerprint density at radius 3 is 2.68 bits per heavy atom. The van der Waals surface area contributed by atoms with E-state index in [1.165, 1.54) is 5.39 Å². The molecule has 1 atom stereocenters. The first-order valence-electron chi connectivity index (χ1n) is 6.57. The van der Waals surface area contributed by atoms with Crippen LogP contribution in [0.2, 0.25) is 0 Å². The molecule has 4 heteroatoms. The zero-order valence-electron chi connectivity index (χ0n) is 10.7. The van der Waals surface area contributed by atoms with Gasteiger partial charge >= 0.3 is 0 Å². The molecule has 100 valence electrons. The molecular weight excluding hydrogens is 258 g/mol. The fourth-order valence-corrected chi connectivity index (χ4v) is 4.17. The van der Waals surface area contributed by atoms with Gasteiger partial charge in [-0.2, -0.15) is 0 Å². The van der Waals surface area contributed by atoms with Crippen molar-refractivity contribution in [2.24, 2.45) is 0 Å². The van der Waals surface area contributed by atoms with Gasteiger partial charge in [-0.15, -0.1) is 0 Å². The molecular formula is C15H17NO2S. The normalized spacial score (nSPS) is 23.1. The molecule has 1 unspecified atom stereocenters. The van der Waals surface area contributed by atoms with Gasteiger partial charge in [0.05, 0.1) is 11.5 Å². The van der Waals surface area contributed by atoms with Gasteiger partial charge in [-0.25, -0.2) is 8.42 Å². The monoisotopic (exact) mass is 275 g/mol. The predicted molar refractivity (Wildman–Crippen MR) is 78.0 cm³/mol. The average molecular weight is 275 g/mol. The molecule has 0 saturated carbocycles. The third-order valence-corrected chi connectivity index (χ3v) is 5.37. The standard InChI is InChI=1S/C15H17NO2S/c17-19(18)9-3-8-16-15(11-19)14-7-6-12-4-1-2-5-13(12)10-14/h1-2,4-7,10,15-16H,3,8-9,11H2. The molecule has 0 amide bonds. The van der Waals surface area contributed by atoms with E-state index in [-0.39, 0.29) is 11.8 Å². The number of hydrogen-bond acceptors (Lipinski definition) is 3. The van der Waals surface area contributed by atoms with E-state index >= 15 is 0 Å². The third-order valence-electron chi connectivity index (χ3n) is 3.62. The summed E-state index contributed by atoms with van der Waals surface area (Å²) >= 11 is 0. The second kappa shape index (κ2) is 4.94. The first kappa shape index (κ1) is 12.6. The molecule has 1 saturated heterocycles. The zero-order chi connectivity index (χ0) is 13.3. The van der Waals surface area contributed by atoms with Crippen molar-refractivity contribution in [3.8, 4) is 0 Å². The van der Waals surface area contributed by atoms with Crippen molar-refractivity contribution in [2.45, 2.75) is 12.5 Å². The van der Waals surface area contributed by atoms with Crippen molar-refractivity contribution >= 4 is 20.6 Å². The van der Waals surface area contributed by atoms with Gasteiger partial charge in [0.1, 0.15) is 0 Å². The van der Waals surface area contributed by atoms with Crippen molar-refractivity contribution in [1.29, 1.82) is 0 Å². The highest BCUT2D eigenvalue weighted by molar-refractivity contribution is 7.91. The SMILES string of the molecule is O=S1(=O)CCCNC(c2ccc3ccccc3c2)C1. The summed E-state index contributed by atoms with van der Waals surface area (Å²) in [6.07, 6.45) is 0.701. The van der Waals surface area contributed by atoms with Gasteiger partial charge in [0.15, 0.2) is 9.84 Å². The van der Waals surface area contributed by atoms with Crippen LogP contribution in [-0.2, 0) is 9.84 Å². The number of hydrogen-bond donors (Lipinski definition) is 1. The molecule has 1 aliphatic rings. The Kier molecular flexibility index (Phi) is 3.29. The van der Waals surface area contributed by atoms with Gasteiger partial charge in [0, 0.05) is 6.04 Å². The molecule has 0 bridgehead atoms. The van der Waals surface area contributed by atoms with Crippen LogP contribution in [0.25, 0.3) is 10.8 Å². The highest BCUT2D eigenvalue weighted by Crippen LogP contribution is 2.23. The number of fused-ring (bicyclic) bond motifs is 1. The number of rotatable bonds is 1. The molecule has 3 nitrogen and oxygen atoms in total. The summed E-state index contributed by atoms with van der Waals surface area (Å²) < 4.78 is 23.8. The van der Waals surface area contributed by atoms with E-state index in [0.29, 0.717) is 12.2 Å². The van der Waals surface area contributed by atoms with Crippen molar-refractivity contribution < 1.29 is 8.42 Å². The molecule has 0 aliphatic carbocycles. The first-order valence-corrected chi connectivity index (χ1v) is 8.39. The van der Waals surface area contributed by atoms with Crippen LogP contribution in [0.3, 0.4) is 0 Å². The van der Waals surface area contributed by atoms with E-state index in [4.69, 9.17) is 0 Å². The van der Waals surface area contributed by atoms with E-state index < -0.39 is 9.84 Å². The lowest BCUT2D eigenvalue weighted by Gasteiger charge is -2.16. The summed E-state index contributed by atoms with van der Waals surface area (Å²) in [6, 6.07) is 14.2. The van der Waals surface area contributed by atoms with Gasteiger partial charge in [-0.05, 0) is 35.4 Å². The Bertz CT molecular complexity index is 694. The number of benzene rings is 2. The molecule has 2 aromatic carbocycles. The highest BCUT2D eigenvalue weighted by Gasteiger charge is 2.23. The Balaban J connectivity index is 1.98. The molecule has 3 rings (SSSR count). The first-order chi connectivity index (χ1) is 9.14. The Morgan fingerprint density at radius 2 is 1.84 bits per heavy atom. The molecule has 1 fully saturated rings. The summed E-state index contributed by atoms with van der Waals surface area (Å²) in [4.78, 5) is 0. The minimum Gasteiger partial charge on any atom is -0.309 e. The van der Waals surface area contributed by atoms with Crippen LogP contribution < -0.4 is 5.32 Å². The summed E-state index contributed by atoms with van der Waals surface area (Å²) in [7, 11) is -2.93. The number of sulfone groups is 1. The summed E-state index contributed by atoms with van der Waals surface area (Å²) in [5, 5.41) is 5.68. The van der Waals surface area contributed by atoms with Crippen LogP contribution in [0.1, 0.15) is 18.0 Å². The molecule has 1 aliphatic heterocycles. The van der Waals surface area contributed by atoms with E-state index in [2.05, 4.69) is 29.6 Å². The van der Waals surface area contributed by atoms with E-state index in [9.17, 15) is 8.42 Å². The highest BCUT2D eigenvalue weighted by atomic mass is 32.2. The second-order valence-corrected chi connectivity index (χ2v) is 7.31. The average Bonchev–Trinajstić information content (AvgIpc) is 2.59. The molecule has 1 heterocycles. The summed E-state index contributed by atoms with van der Waals surface area (Å²) in [5.41, 5.74) is 1.06. The summed E-state index contributed by atoms with van der Waals surface area (Å²) in [6.45, 7) is 0.761. The van der Waals surface area contributed by atoms with Gasteiger partial charge < -0.3 is 5.32 Å². The fraction of sp³-hybridized carbons (Fsp3) is 0.333. The van der Waals surface area contributed by atoms with E-state index in [1.807, 2.05) is 18.2 Å². The van der Waals surface area contributed by atoms with Crippen LogP contribution >= 0.6 is 0 Å². The zero-order valence-corrected chi connectivity index (χ0v) is 11.5. The topological polar surface area (TPSA) is 46.2 Å². The van der Waals surface area contributed by atoms with Crippen LogP contribution in [0.15, 0.2) is 42.5 Å². The van der Waals surface area contributed by atoms with Crippen molar-refractivity contribution in [3.05, 3.63) is 48.0 Å². The van der Waals surface area contributed by atoms with Gasteiger partial charge in [-0.3, -0.25) is 0 Å².